The Morgan fingerprint density at radius 3 is 2.89 bits per heavy atom. The minimum Gasteiger partial charge on any atom is -0.478 e. The molecule has 5 heteroatoms. The van der Waals surface area contributed by atoms with Crippen LogP contribution >= 0.6 is 0 Å². The zero-order chi connectivity index (χ0) is 18.8. The average Bonchev–Trinajstić information content (AvgIpc) is 3.07. The molecule has 0 spiro atoms. The second kappa shape index (κ2) is 7.03. The molecule has 0 atom stereocenters. The fourth-order valence-corrected chi connectivity index (χ4v) is 3.31. The maximum absolute atomic E-state index is 10.7. The van der Waals surface area contributed by atoms with E-state index in [-0.39, 0.29) is 0 Å². The SMILES string of the molecule is Cc1nc2ncccc2cc1CCc1ccc2c(ccn2/C=C/C(=O)O)c1. The van der Waals surface area contributed by atoms with Crippen LogP contribution < -0.4 is 0 Å². The van der Waals surface area contributed by atoms with Crippen LogP contribution in [0.2, 0.25) is 0 Å². The van der Waals surface area contributed by atoms with Gasteiger partial charge in [0.1, 0.15) is 0 Å². The van der Waals surface area contributed by atoms with Crippen molar-refractivity contribution in [2.45, 2.75) is 19.8 Å². The molecule has 0 radical (unpaired) electrons. The molecule has 0 aliphatic rings. The van der Waals surface area contributed by atoms with Gasteiger partial charge in [-0.05, 0) is 67.3 Å². The first-order valence-corrected chi connectivity index (χ1v) is 8.82. The van der Waals surface area contributed by atoms with Crippen LogP contribution in [0.25, 0.3) is 28.1 Å². The zero-order valence-electron chi connectivity index (χ0n) is 15.0. The van der Waals surface area contributed by atoms with Gasteiger partial charge < -0.3 is 9.67 Å². The van der Waals surface area contributed by atoms with Gasteiger partial charge in [-0.3, -0.25) is 0 Å². The predicted molar refractivity (Wildman–Crippen MR) is 107 cm³/mol. The van der Waals surface area contributed by atoms with Gasteiger partial charge in [-0.1, -0.05) is 6.07 Å². The van der Waals surface area contributed by atoms with E-state index in [0.29, 0.717) is 0 Å². The summed E-state index contributed by atoms with van der Waals surface area (Å²) >= 11 is 0. The van der Waals surface area contributed by atoms with Crippen LogP contribution in [0.1, 0.15) is 16.8 Å². The predicted octanol–water partition coefficient (Wildman–Crippen LogP) is 4.23. The summed E-state index contributed by atoms with van der Waals surface area (Å²) in [4.78, 5) is 19.6. The largest absolute Gasteiger partial charge is 0.478 e. The fourth-order valence-electron chi connectivity index (χ4n) is 3.31. The number of benzene rings is 1. The summed E-state index contributed by atoms with van der Waals surface area (Å²) < 4.78 is 1.82. The topological polar surface area (TPSA) is 68.0 Å². The average molecular weight is 357 g/mol. The summed E-state index contributed by atoms with van der Waals surface area (Å²) in [7, 11) is 0. The smallest absolute Gasteiger partial charge is 0.329 e. The Kier molecular flexibility index (Phi) is 4.42. The number of carboxylic acids is 1. The Hall–Kier alpha value is -3.47. The lowest BCUT2D eigenvalue weighted by atomic mass is 10.0. The molecule has 1 N–H and O–H groups in total. The van der Waals surface area contributed by atoms with E-state index in [0.717, 1.165) is 46.5 Å². The van der Waals surface area contributed by atoms with Gasteiger partial charge in [0.15, 0.2) is 5.65 Å². The van der Waals surface area contributed by atoms with Crippen LogP contribution in [-0.4, -0.2) is 25.6 Å². The standard InChI is InChI=1S/C22H19N3O2/c1-15-17(14-19-3-2-10-23-22(19)24-15)6-4-16-5-7-20-18(13-16)8-11-25(20)12-9-21(26)27/h2-3,5,7-14H,4,6H2,1H3,(H,26,27)/b12-9+. The third-order valence-electron chi connectivity index (χ3n) is 4.73. The van der Waals surface area contributed by atoms with Crippen molar-refractivity contribution in [1.82, 2.24) is 14.5 Å². The van der Waals surface area contributed by atoms with Crippen molar-refractivity contribution < 1.29 is 9.90 Å². The Morgan fingerprint density at radius 2 is 2.04 bits per heavy atom. The Bertz CT molecular complexity index is 1170. The molecule has 0 unspecified atom stereocenters. The molecule has 0 amide bonds. The molecule has 134 valence electrons. The quantitative estimate of drug-likeness (QED) is 0.543. The third-order valence-corrected chi connectivity index (χ3v) is 4.73. The molecule has 0 saturated carbocycles. The van der Waals surface area contributed by atoms with Crippen molar-refractivity contribution in [1.29, 1.82) is 0 Å². The van der Waals surface area contributed by atoms with Gasteiger partial charge in [0.05, 0.1) is 5.52 Å². The molecule has 4 aromatic rings. The van der Waals surface area contributed by atoms with Crippen LogP contribution in [0.15, 0.2) is 60.9 Å². The maximum atomic E-state index is 10.7. The number of aliphatic carboxylic acids is 1. The van der Waals surface area contributed by atoms with Crippen LogP contribution in [-0.2, 0) is 17.6 Å². The van der Waals surface area contributed by atoms with E-state index in [9.17, 15) is 4.79 Å². The summed E-state index contributed by atoms with van der Waals surface area (Å²) in [6.45, 7) is 2.03. The maximum Gasteiger partial charge on any atom is 0.329 e. The van der Waals surface area contributed by atoms with Gasteiger partial charge in [-0.25, -0.2) is 14.8 Å². The van der Waals surface area contributed by atoms with Crippen molar-refractivity contribution in [2.75, 3.05) is 0 Å². The van der Waals surface area contributed by atoms with Gasteiger partial charge in [0, 0.05) is 41.1 Å². The lowest BCUT2D eigenvalue weighted by Crippen LogP contribution is -1.98. The highest BCUT2D eigenvalue weighted by Gasteiger charge is 2.06. The van der Waals surface area contributed by atoms with E-state index in [4.69, 9.17) is 5.11 Å². The van der Waals surface area contributed by atoms with Gasteiger partial charge >= 0.3 is 5.97 Å². The van der Waals surface area contributed by atoms with E-state index >= 15 is 0 Å². The molecule has 0 fully saturated rings. The lowest BCUT2D eigenvalue weighted by molar-refractivity contribution is -0.131. The first kappa shape index (κ1) is 17.0. The molecule has 0 aliphatic carbocycles. The molecule has 27 heavy (non-hydrogen) atoms. The first-order chi connectivity index (χ1) is 13.1. The molecule has 3 aromatic heterocycles. The zero-order valence-corrected chi connectivity index (χ0v) is 15.0. The molecule has 0 saturated heterocycles. The minimum absolute atomic E-state index is 0.788. The van der Waals surface area contributed by atoms with Crippen molar-refractivity contribution in [3.8, 4) is 0 Å². The summed E-state index contributed by atoms with van der Waals surface area (Å²) in [5.41, 5.74) is 5.28. The molecule has 3 heterocycles. The number of rotatable bonds is 5. The molecular weight excluding hydrogens is 338 g/mol. The molecule has 4 rings (SSSR count). The Balaban J connectivity index is 1.55. The van der Waals surface area contributed by atoms with E-state index in [2.05, 4.69) is 28.2 Å². The van der Waals surface area contributed by atoms with Gasteiger partial charge in [0.25, 0.3) is 0 Å². The third kappa shape index (κ3) is 3.58. The van der Waals surface area contributed by atoms with Crippen LogP contribution in [0.5, 0.6) is 0 Å². The number of pyridine rings is 2. The molecular formula is C22H19N3O2. The molecule has 0 bridgehead atoms. The summed E-state index contributed by atoms with van der Waals surface area (Å²) in [6, 6.07) is 14.4. The molecule has 5 nitrogen and oxygen atoms in total. The van der Waals surface area contributed by atoms with Gasteiger partial charge in [-0.2, -0.15) is 0 Å². The second-order valence-electron chi connectivity index (χ2n) is 6.55. The minimum atomic E-state index is -0.956. The highest BCUT2D eigenvalue weighted by molar-refractivity contribution is 5.87. The fraction of sp³-hybridized carbons (Fsp3) is 0.136. The number of aromatic nitrogens is 3. The second-order valence-corrected chi connectivity index (χ2v) is 6.55. The van der Waals surface area contributed by atoms with E-state index in [1.165, 1.54) is 11.1 Å². The number of fused-ring (bicyclic) bond motifs is 2. The van der Waals surface area contributed by atoms with Crippen molar-refractivity contribution in [2.24, 2.45) is 0 Å². The van der Waals surface area contributed by atoms with Crippen LogP contribution in [0.3, 0.4) is 0 Å². The molecule has 0 aliphatic heterocycles. The number of aryl methyl sites for hydroxylation is 3. The van der Waals surface area contributed by atoms with E-state index < -0.39 is 5.97 Å². The number of carbonyl (C=O) groups is 1. The normalized spacial score (nSPS) is 11.6. The monoisotopic (exact) mass is 357 g/mol. The van der Waals surface area contributed by atoms with Crippen molar-refractivity contribution >= 4 is 34.1 Å². The number of carboxylic acid groups (broad SMARTS) is 1. The van der Waals surface area contributed by atoms with E-state index in [1.54, 1.807) is 12.4 Å². The summed E-state index contributed by atoms with van der Waals surface area (Å²) in [5, 5.41) is 10.9. The van der Waals surface area contributed by atoms with Crippen LogP contribution in [0, 0.1) is 6.92 Å². The lowest BCUT2D eigenvalue weighted by Gasteiger charge is -2.08. The van der Waals surface area contributed by atoms with E-state index in [1.807, 2.05) is 42.0 Å². The Morgan fingerprint density at radius 1 is 1.15 bits per heavy atom. The van der Waals surface area contributed by atoms with Gasteiger partial charge in [-0.15, -0.1) is 0 Å². The highest BCUT2D eigenvalue weighted by Crippen LogP contribution is 2.21. The number of hydrogen-bond donors (Lipinski definition) is 1. The number of nitrogens with zero attached hydrogens (tertiary/aromatic N) is 3. The summed E-state index contributed by atoms with van der Waals surface area (Å²) in [6.07, 6.45) is 8.16. The van der Waals surface area contributed by atoms with Gasteiger partial charge in [0.2, 0.25) is 0 Å². The van der Waals surface area contributed by atoms with Crippen molar-refractivity contribution in [3.63, 3.8) is 0 Å². The van der Waals surface area contributed by atoms with Crippen molar-refractivity contribution in [3.05, 3.63) is 77.8 Å². The first-order valence-electron chi connectivity index (χ1n) is 8.82. The highest BCUT2D eigenvalue weighted by atomic mass is 16.4. The summed E-state index contributed by atoms with van der Waals surface area (Å²) in [5.74, 6) is -0.956. The van der Waals surface area contributed by atoms with Crippen LogP contribution in [0.4, 0.5) is 0 Å². The Labute approximate surface area is 156 Å². The number of hydrogen-bond acceptors (Lipinski definition) is 3. The molecule has 1 aromatic carbocycles.